The van der Waals surface area contributed by atoms with E-state index in [4.69, 9.17) is 14.2 Å². The van der Waals surface area contributed by atoms with Gasteiger partial charge in [0.25, 0.3) is 0 Å². The van der Waals surface area contributed by atoms with Crippen LogP contribution in [0.5, 0.6) is 11.5 Å². The number of carbonyl (C=O) groups is 1. The lowest BCUT2D eigenvalue weighted by molar-refractivity contribution is -0.00232. The number of aryl methyl sites for hydroxylation is 1. The molecule has 1 aromatic rings. The molecule has 1 aliphatic carbocycles. The minimum atomic E-state index is -0.254. The summed E-state index contributed by atoms with van der Waals surface area (Å²) in [5, 5.41) is 5.67. The van der Waals surface area contributed by atoms with Crippen molar-refractivity contribution in [2.45, 2.75) is 45.6 Å². The van der Waals surface area contributed by atoms with Crippen LogP contribution in [0, 0.1) is 12.8 Å². The zero-order chi connectivity index (χ0) is 18.2. The van der Waals surface area contributed by atoms with Crippen molar-refractivity contribution in [1.29, 1.82) is 0 Å². The highest BCUT2D eigenvalue weighted by Crippen LogP contribution is 2.32. The number of rotatable bonds is 7. The van der Waals surface area contributed by atoms with Crippen LogP contribution in [0.2, 0.25) is 0 Å². The van der Waals surface area contributed by atoms with Crippen LogP contribution in [0.4, 0.5) is 10.5 Å². The lowest BCUT2D eigenvalue weighted by Crippen LogP contribution is -2.34. The van der Waals surface area contributed by atoms with Gasteiger partial charge in [-0.15, -0.1) is 0 Å². The van der Waals surface area contributed by atoms with Crippen molar-refractivity contribution in [3.63, 3.8) is 0 Å². The first-order chi connectivity index (χ1) is 12.0. The standard InChI is InChI=1S/C19H30N2O4/c1-13-7-5-6-8-16(13)25-10-9-20-19(22)21-15-12-18(24-4)17(23-3)11-14(15)2/h11-13,16H,5-10H2,1-4H3,(H2,20,21,22)/t13-,16+/m1/s1. The molecule has 2 atom stereocenters. The van der Waals surface area contributed by atoms with Crippen molar-refractivity contribution in [3.05, 3.63) is 17.7 Å². The Balaban J connectivity index is 1.78. The highest BCUT2D eigenvalue weighted by atomic mass is 16.5. The largest absolute Gasteiger partial charge is 0.493 e. The average Bonchev–Trinajstić information content (AvgIpc) is 2.61. The van der Waals surface area contributed by atoms with Gasteiger partial charge in [-0.3, -0.25) is 0 Å². The van der Waals surface area contributed by atoms with Crippen LogP contribution >= 0.6 is 0 Å². The maximum atomic E-state index is 12.1. The molecule has 0 heterocycles. The van der Waals surface area contributed by atoms with E-state index in [1.54, 1.807) is 20.3 Å². The molecule has 6 nitrogen and oxygen atoms in total. The summed E-state index contributed by atoms with van der Waals surface area (Å²) in [6, 6.07) is 3.34. The Bertz CT molecular complexity index is 577. The maximum absolute atomic E-state index is 12.1. The second kappa shape index (κ2) is 9.51. The molecule has 6 heteroatoms. The highest BCUT2D eigenvalue weighted by molar-refractivity contribution is 5.90. The van der Waals surface area contributed by atoms with E-state index in [2.05, 4.69) is 17.6 Å². The van der Waals surface area contributed by atoms with E-state index in [9.17, 15) is 4.79 Å². The fourth-order valence-corrected chi connectivity index (χ4v) is 3.19. The van der Waals surface area contributed by atoms with Gasteiger partial charge in [0, 0.05) is 18.3 Å². The summed E-state index contributed by atoms with van der Waals surface area (Å²) in [5.74, 6) is 1.83. The lowest BCUT2D eigenvalue weighted by Gasteiger charge is -2.28. The lowest BCUT2D eigenvalue weighted by atomic mass is 9.88. The summed E-state index contributed by atoms with van der Waals surface area (Å²) >= 11 is 0. The van der Waals surface area contributed by atoms with Crippen molar-refractivity contribution >= 4 is 11.7 Å². The molecule has 2 amide bonds. The molecule has 0 unspecified atom stereocenters. The van der Waals surface area contributed by atoms with E-state index in [1.807, 2.05) is 13.0 Å². The number of benzene rings is 1. The molecule has 0 saturated heterocycles. The molecule has 25 heavy (non-hydrogen) atoms. The zero-order valence-corrected chi connectivity index (χ0v) is 15.7. The smallest absolute Gasteiger partial charge is 0.319 e. The molecule has 0 aliphatic heterocycles. The summed E-state index contributed by atoms with van der Waals surface area (Å²) in [7, 11) is 3.16. The van der Waals surface area contributed by atoms with Gasteiger partial charge in [0.2, 0.25) is 0 Å². The number of amides is 2. The van der Waals surface area contributed by atoms with E-state index in [0.29, 0.717) is 42.4 Å². The Morgan fingerprint density at radius 2 is 1.84 bits per heavy atom. The van der Waals surface area contributed by atoms with Crippen LogP contribution in [0.3, 0.4) is 0 Å². The number of carbonyl (C=O) groups excluding carboxylic acids is 1. The van der Waals surface area contributed by atoms with Crippen LogP contribution in [-0.4, -0.2) is 39.5 Å². The van der Waals surface area contributed by atoms with E-state index in [1.165, 1.54) is 19.3 Å². The van der Waals surface area contributed by atoms with E-state index < -0.39 is 0 Å². The second-order valence-corrected chi connectivity index (χ2v) is 6.57. The van der Waals surface area contributed by atoms with Crippen LogP contribution in [0.1, 0.15) is 38.2 Å². The van der Waals surface area contributed by atoms with E-state index in [0.717, 1.165) is 12.0 Å². The normalized spacial score (nSPS) is 20.0. The number of anilines is 1. The summed E-state index contributed by atoms with van der Waals surface area (Å²) in [4.78, 5) is 12.1. The second-order valence-electron chi connectivity index (χ2n) is 6.57. The summed E-state index contributed by atoms with van der Waals surface area (Å²) in [6.07, 6.45) is 5.22. The van der Waals surface area contributed by atoms with Gasteiger partial charge in [0.1, 0.15) is 0 Å². The number of hydrogen-bond donors (Lipinski definition) is 2. The minimum Gasteiger partial charge on any atom is -0.493 e. The molecule has 0 aromatic heterocycles. The van der Waals surface area contributed by atoms with Gasteiger partial charge in [0.05, 0.1) is 26.9 Å². The van der Waals surface area contributed by atoms with Crippen LogP contribution < -0.4 is 20.1 Å². The van der Waals surface area contributed by atoms with E-state index in [-0.39, 0.29) is 6.03 Å². The molecular weight excluding hydrogens is 320 g/mol. The first kappa shape index (κ1) is 19.4. The topological polar surface area (TPSA) is 68.8 Å². The molecule has 0 spiro atoms. The number of urea groups is 1. The van der Waals surface area contributed by atoms with Gasteiger partial charge in [-0.25, -0.2) is 4.79 Å². The van der Waals surface area contributed by atoms with Crippen molar-refractivity contribution in [2.24, 2.45) is 5.92 Å². The molecule has 2 rings (SSSR count). The number of methoxy groups -OCH3 is 2. The summed E-state index contributed by atoms with van der Waals surface area (Å²) in [6.45, 7) is 5.17. The number of hydrogen-bond acceptors (Lipinski definition) is 4. The maximum Gasteiger partial charge on any atom is 0.319 e. The first-order valence-electron chi connectivity index (χ1n) is 8.94. The third kappa shape index (κ3) is 5.53. The average molecular weight is 350 g/mol. The molecule has 140 valence electrons. The first-order valence-corrected chi connectivity index (χ1v) is 8.94. The van der Waals surface area contributed by atoms with Crippen molar-refractivity contribution in [3.8, 4) is 11.5 Å². The third-order valence-corrected chi connectivity index (χ3v) is 4.73. The molecule has 1 aliphatic rings. The predicted molar refractivity (Wildman–Crippen MR) is 98.7 cm³/mol. The van der Waals surface area contributed by atoms with Crippen LogP contribution in [-0.2, 0) is 4.74 Å². The monoisotopic (exact) mass is 350 g/mol. The van der Waals surface area contributed by atoms with Crippen LogP contribution in [0.15, 0.2) is 12.1 Å². The summed E-state index contributed by atoms with van der Waals surface area (Å²) in [5.41, 5.74) is 1.59. The Hall–Kier alpha value is -1.95. The van der Waals surface area contributed by atoms with Crippen molar-refractivity contribution < 1.29 is 19.0 Å². The van der Waals surface area contributed by atoms with Crippen LogP contribution in [0.25, 0.3) is 0 Å². The van der Waals surface area contributed by atoms with Gasteiger partial charge in [-0.1, -0.05) is 19.8 Å². The molecule has 1 fully saturated rings. The number of nitrogens with one attached hydrogen (secondary N) is 2. The highest BCUT2D eigenvalue weighted by Gasteiger charge is 2.21. The Labute approximate surface area is 150 Å². The van der Waals surface area contributed by atoms with Gasteiger partial charge in [-0.2, -0.15) is 0 Å². The SMILES string of the molecule is COc1cc(C)c(NC(=O)NCCO[C@H]2CCCC[C@H]2C)cc1OC. The van der Waals surface area contributed by atoms with Crippen molar-refractivity contribution in [1.82, 2.24) is 5.32 Å². The predicted octanol–water partition coefficient (Wildman–Crippen LogP) is 3.73. The number of ether oxygens (including phenoxy) is 3. The zero-order valence-electron chi connectivity index (χ0n) is 15.7. The third-order valence-electron chi connectivity index (χ3n) is 4.73. The molecule has 0 bridgehead atoms. The Morgan fingerprint density at radius 3 is 2.52 bits per heavy atom. The molecule has 0 radical (unpaired) electrons. The van der Waals surface area contributed by atoms with Gasteiger partial charge < -0.3 is 24.8 Å². The summed E-state index contributed by atoms with van der Waals surface area (Å²) < 4.78 is 16.4. The molecular formula is C19H30N2O4. The Morgan fingerprint density at radius 1 is 1.16 bits per heavy atom. The quantitative estimate of drug-likeness (QED) is 0.735. The van der Waals surface area contributed by atoms with Gasteiger partial charge >= 0.3 is 6.03 Å². The fourth-order valence-electron chi connectivity index (χ4n) is 3.19. The van der Waals surface area contributed by atoms with Gasteiger partial charge in [0.15, 0.2) is 11.5 Å². The van der Waals surface area contributed by atoms with Crippen molar-refractivity contribution in [2.75, 3.05) is 32.7 Å². The Kier molecular flexibility index (Phi) is 7.37. The van der Waals surface area contributed by atoms with E-state index >= 15 is 0 Å². The minimum absolute atomic E-state index is 0.254. The van der Waals surface area contributed by atoms with Gasteiger partial charge in [-0.05, 0) is 37.3 Å². The molecule has 1 aromatic carbocycles. The fraction of sp³-hybridized carbons (Fsp3) is 0.632. The molecule has 1 saturated carbocycles. The molecule has 2 N–H and O–H groups in total.